The molecule has 0 N–H and O–H groups in total. The molecule has 118 valence electrons. The van der Waals surface area contributed by atoms with Crippen LogP contribution in [-0.2, 0) is 11.3 Å². The van der Waals surface area contributed by atoms with Gasteiger partial charge >= 0.3 is 0 Å². The fourth-order valence-electron chi connectivity index (χ4n) is 2.91. The Bertz CT molecular complexity index is 765. The Labute approximate surface area is 143 Å². The van der Waals surface area contributed by atoms with Gasteiger partial charge in [0.1, 0.15) is 12.0 Å². The van der Waals surface area contributed by atoms with Crippen molar-refractivity contribution < 1.29 is 9.15 Å². The summed E-state index contributed by atoms with van der Waals surface area (Å²) in [5, 5.41) is 0. The van der Waals surface area contributed by atoms with Gasteiger partial charge in [-0.15, -0.1) is 0 Å². The third-order valence-corrected chi connectivity index (χ3v) is 4.58. The predicted octanol–water partition coefficient (Wildman–Crippen LogP) is 4.36. The van der Waals surface area contributed by atoms with Gasteiger partial charge in [0.2, 0.25) is 0 Å². The van der Waals surface area contributed by atoms with Crippen LogP contribution < -0.4 is 0 Å². The Hall–Kier alpha value is -1.82. The molecular weight excluding hydrogens is 356 g/mol. The maximum absolute atomic E-state index is 5.93. The molecule has 1 atom stereocenters. The summed E-state index contributed by atoms with van der Waals surface area (Å²) in [7, 11) is 0. The normalized spacial score (nSPS) is 18.6. The van der Waals surface area contributed by atoms with Crippen LogP contribution in [0.1, 0.15) is 17.6 Å². The van der Waals surface area contributed by atoms with E-state index in [-0.39, 0.29) is 6.23 Å². The van der Waals surface area contributed by atoms with E-state index in [2.05, 4.69) is 56.0 Å². The van der Waals surface area contributed by atoms with Gasteiger partial charge in [-0.05, 0) is 42.5 Å². The van der Waals surface area contributed by atoms with Gasteiger partial charge in [-0.3, -0.25) is 4.90 Å². The SMILES string of the molecule is Brc1ccc(-n2ccc([C@@H]3OCCN3Cc3ccco3)c2)cc1. The van der Waals surface area contributed by atoms with Crippen molar-refractivity contribution in [2.45, 2.75) is 12.8 Å². The van der Waals surface area contributed by atoms with Crippen LogP contribution in [0, 0.1) is 0 Å². The lowest BCUT2D eigenvalue weighted by Gasteiger charge is -2.21. The van der Waals surface area contributed by atoms with Gasteiger partial charge in [0.05, 0.1) is 19.4 Å². The number of aromatic nitrogens is 1. The van der Waals surface area contributed by atoms with Crippen LogP contribution >= 0.6 is 15.9 Å². The summed E-state index contributed by atoms with van der Waals surface area (Å²) in [5.74, 6) is 0.966. The molecule has 0 amide bonds. The topological polar surface area (TPSA) is 30.5 Å². The van der Waals surface area contributed by atoms with Crippen LogP contribution in [0.5, 0.6) is 0 Å². The van der Waals surface area contributed by atoms with Crippen LogP contribution in [0.25, 0.3) is 5.69 Å². The van der Waals surface area contributed by atoms with E-state index in [0.717, 1.165) is 41.2 Å². The predicted molar refractivity (Wildman–Crippen MR) is 91.3 cm³/mol. The van der Waals surface area contributed by atoms with Crippen LogP contribution in [0.3, 0.4) is 0 Å². The lowest BCUT2D eigenvalue weighted by Crippen LogP contribution is -2.22. The van der Waals surface area contributed by atoms with E-state index in [1.807, 2.05) is 24.3 Å². The van der Waals surface area contributed by atoms with Gasteiger partial charge in [-0.1, -0.05) is 15.9 Å². The van der Waals surface area contributed by atoms with E-state index in [1.165, 1.54) is 0 Å². The van der Waals surface area contributed by atoms with Crippen molar-refractivity contribution in [3.63, 3.8) is 0 Å². The number of benzene rings is 1. The summed E-state index contributed by atoms with van der Waals surface area (Å²) in [6, 6.07) is 14.3. The van der Waals surface area contributed by atoms with E-state index < -0.39 is 0 Å². The Morgan fingerprint density at radius 1 is 1.13 bits per heavy atom. The van der Waals surface area contributed by atoms with Crippen molar-refractivity contribution in [2.75, 3.05) is 13.2 Å². The molecule has 1 aliphatic rings. The third kappa shape index (κ3) is 3.13. The summed E-state index contributed by atoms with van der Waals surface area (Å²) in [4.78, 5) is 2.29. The summed E-state index contributed by atoms with van der Waals surface area (Å²) in [6.07, 6.45) is 5.90. The van der Waals surface area contributed by atoms with Gasteiger partial charge in [-0.2, -0.15) is 0 Å². The van der Waals surface area contributed by atoms with Gasteiger partial charge in [-0.25, -0.2) is 0 Å². The second-order valence-electron chi connectivity index (χ2n) is 5.60. The summed E-state index contributed by atoms with van der Waals surface area (Å²) < 4.78 is 14.6. The molecule has 23 heavy (non-hydrogen) atoms. The summed E-state index contributed by atoms with van der Waals surface area (Å²) in [6.45, 7) is 2.42. The molecule has 0 radical (unpaired) electrons. The maximum atomic E-state index is 5.93. The molecule has 1 aromatic carbocycles. The van der Waals surface area contributed by atoms with E-state index >= 15 is 0 Å². The molecule has 2 aromatic heterocycles. The molecule has 0 saturated carbocycles. The van der Waals surface area contributed by atoms with Crippen molar-refractivity contribution in [1.29, 1.82) is 0 Å². The zero-order valence-electron chi connectivity index (χ0n) is 12.6. The van der Waals surface area contributed by atoms with Crippen LogP contribution in [0.4, 0.5) is 0 Å². The van der Waals surface area contributed by atoms with Crippen molar-refractivity contribution in [3.8, 4) is 5.69 Å². The molecular formula is C18H17BrN2O2. The molecule has 1 saturated heterocycles. The van der Waals surface area contributed by atoms with Gasteiger partial charge in [0.15, 0.2) is 0 Å². The number of furan rings is 1. The average Bonchev–Trinajstić information content (AvgIpc) is 3.29. The summed E-state index contributed by atoms with van der Waals surface area (Å²) in [5.41, 5.74) is 2.30. The molecule has 0 bridgehead atoms. The minimum Gasteiger partial charge on any atom is -0.468 e. The number of hydrogen-bond acceptors (Lipinski definition) is 3. The number of ether oxygens (including phenoxy) is 1. The second kappa shape index (κ2) is 6.35. The first-order valence-corrected chi connectivity index (χ1v) is 8.41. The number of halogens is 1. The Kier molecular flexibility index (Phi) is 4.08. The first-order chi connectivity index (χ1) is 11.3. The van der Waals surface area contributed by atoms with Crippen molar-refractivity contribution >= 4 is 15.9 Å². The van der Waals surface area contributed by atoms with Gasteiger partial charge in [0, 0.05) is 34.7 Å². The van der Waals surface area contributed by atoms with Gasteiger partial charge in [0.25, 0.3) is 0 Å². The Morgan fingerprint density at radius 2 is 2.00 bits per heavy atom. The van der Waals surface area contributed by atoms with Gasteiger partial charge < -0.3 is 13.7 Å². The minimum absolute atomic E-state index is 0.0169. The third-order valence-electron chi connectivity index (χ3n) is 4.05. The van der Waals surface area contributed by atoms with Crippen molar-refractivity contribution in [2.24, 2.45) is 0 Å². The lowest BCUT2D eigenvalue weighted by molar-refractivity contribution is 0.0258. The molecule has 1 fully saturated rings. The van der Waals surface area contributed by atoms with Crippen LogP contribution in [0.15, 0.2) is 70.0 Å². The summed E-state index contributed by atoms with van der Waals surface area (Å²) >= 11 is 3.47. The van der Waals surface area contributed by atoms with E-state index in [0.29, 0.717) is 0 Å². The highest BCUT2D eigenvalue weighted by Gasteiger charge is 2.28. The Morgan fingerprint density at radius 3 is 2.78 bits per heavy atom. The zero-order chi connectivity index (χ0) is 15.6. The monoisotopic (exact) mass is 372 g/mol. The highest BCUT2D eigenvalue weighted by Crippen LogP contribution is 2.29. The Balaban J connectivity index is 1.54. The molecule has 3 heterocycles. The van der Waals surface area contributed by atoms with Crippen LogP contribution in [-0.4, -0.2) is 22.6 Å². The molecule has 0 spiro atoms. The molecule has 3 aromatic rings. The first-order valence-electron chi connectivity index (χ1n) is 7.61. The lowest BCUT2D eigenvalue weighted by atomic mass is 10.2. The highest BCUT2D eigenvalue weighted by molar-refractivity contribution is 9.10. The molecule has 4 rings (SSSR count). The maximum Gasteiger partial charge on any atom is 0.138 e. The van der Waals surface area contributed by atoms with E-state index in [4.69, 9.17) is 9.15 Å². The molecule has 0 unspecified atom stereocenters. The van der Waals surface area contributed by atoms with E-state index in [9.17, 15) is 0 Å². The molecule has 5 heteroatoms. The largest absolute Gasteiger partial charge is 0.468 e. The minimum atomic E-state index is -0.0169. The number of nitrogens with zero attached hydrogens (tertiary/aromatic N) is 2. The fourth-order valence-corrected chi connectivity index (χ4v) is 3.17. The molecule has 4 nitrogen and oxygen atoms in total. The molecule has 0 aliphatic carbocycles. The first kappa shape index (κ1) is 14.8. The second-order valence-corrected chi connectivity index (χ2v) is 6.52. The number of hydrogen-bond donors (Lipinski definition) is 0. The average molecular weight is 373 g/mol. The molecule has 1 aliphatic heterocycles. The smallest absolute Gasteiger partial charge is 0.138 e. The van der Waals surface area contributed by atoms with Crippen molar-refractivity contribution in [3.05, 3.63) is 76.9 Å². The zero-order valence-corrected chi connectivity index (χ0v) is 14.1. The standard InChI is InChI=1S/C18H17BrN2O2/c19-15-3-5-16(6-4-15)20-8-7-14(12-20)18-21(9-11-23-18)13-17-2-1-10-22-17/h1-8,10,12,18H,9,11,13H2/t18-/m0/s1. The van der Waals surface area contributed by atoms with Crippen molar-refractivity contribution in [1.82, 2.24) is 9.47 Å². The van der Waals surface area contributed by atoms with Crippen LogP contribution in [0.2, 0.25) is 0 Å². The highest BCUT2D eigenvalue weighted by atomic mass is 79.9. The quantitative estimate of drug-likeness (QED) is 0.681. The number of rotatable bonds is 4. The fraction of sp³-hybridized carbons (Fsp3) is 0.222. The van der Waals surface area contributed by atoms with E-state index in [1.54, 1.807) is 6.26 Å².